The highest BCUT2D eigenvalue weighted by atomic mass is 32.2. The van der Waals surface area contributed by atoms with E-state index < -0.39 is 5.97 Å². The summed E-state index contributed by atoms with van der Waals surface area (Å²) < 4.78 is 17.2. The Kier molecular flexibility index (Phi) is 3.25. The Morgan fingerprint density at radius 3 is 3.19 bits per heavy atom. The van der Waals surface area contributed by atoms with Gasteiger partial charge in [0.2, 0.25) is 0 Å². The summed E-state index contributed by atoms with van der Waals surface area (Å²) in [5, 5.41) is 0. The fraction of sp³-hybridized carbons (Fsp3) is 0.444. The maximum atomic E-state index is 11.6. The van der Waals surface area contributed by atoms with Crippen molar-refractivity contribution in [3.63, 3.8) is 0 Å². The minimum Gasteiger partial charge on any atom is -0.461 e. The molecule has 0 aliphatic carbocycles. The summed E-state index contributed by atoms with van der Waals surface area (Å²) in [6.07, 6.45) is 1.22. The number of hydrogen-bond donors (Lipinski definition) is 1. The third-order valence-electron chi connectivity index (χ3n) is 2.05. The molecule has 0 saturated heterocycles. The summed E-state index contributed by atoms with van der Waals surface area (Å²) in [4.78, 5) is 15.4. The minimum absolute atomic E-state index is 0.0196. The Balaban J connectivity index is 2.29. The van der Waals surface area contributed by atoms with Gasteiger partial charge in [-0.25, -0.2) is 14.5 Å². The third-order valence-corrected chi connectivity index (χ3v) is 2.80. The highest BCUT2D eigenvalue weighted by Crippen LogP contribution is 2.20. The second kappa shape index (κ2) is 4.67. The summed E-state index contributed by atoms with van der Waals surface area (Å²) >= 11 is 1.22. The SMILES string of the molecule is CCOC(=O)c1ncoc1C1=NSNC1C. The van der Waals surface area contributed by atoms with Crippen molar-refractivity contribution >= 4 is 23.8 Å². The number of nitrogens with zero attached hydrogens (tertiary/aromatic N) is 2. The summed E-state index contributed by atoms with van der Waals surface area (Å²) in [5.74, 6) is -0.110. The lowest BCUT2D eigenvalue weighted by Crippen LogP contribution is -2.25. The van der Waals surface area contributed by atoms with Crippen LogP contribution in [-0.2, 0) is 4.74 Å². The van der Waals surface area contributed by atoms with E-state index in [-0.39, 0.29) is 11.7 Å². The van der Waals surface area contributed by atoms with Crippen molar-refractivity contribution in [2.75, 3.05) is 6.61 Å². The zero-order valence-electron chi connectivity index (χ0n) is 8.89. The van der Waals surface area contributed by atoms with Crippen LogP contribution in [0.15, 0.2) is 15.2 Å². The molecule has 1 atom stereocenters. The van der Waals surface area contributed by atoms with Crippen LogP contribution >= 0.6 is 12.1 Å². The molecule has 1 aromatic rings. The standard InChI is InChI=1S/C9H11N3O3S/c1-3-14-9(13)7-8(15-4-10-7)6-5(2)11-16-12-6/h4-5,11H,3H2,1-2H3. The van der Waals surface area contributed by atoms with Crippen molar-refractivity contribution in [2.24, 2.45) is 4.40 Å². The third kappa shape index (κ3) is 1.96. The van der Waals surface area contributed by atoms with Crippen LogP contribution in [0.2, 0.25) is 0 Å². The summed E-state index contributed by atoms with van der Waals surface area (Å²) in [5.41, 5.74) is 0.849. The predicted octanol–water partition coefficient (Wildman–Crippen LogP) is 1.20. The average molecular weight is 241 g/mol. The molecule has 1 unspecified atom stereocenters. The topological polar surface area (TPSA) is 76.7 Å². The molecule has 0 fully saturated rings. The molecule has 0 spiro atoms. The summed E-state index contributed by atoms with van der Waals surface area (Å²) in [7, 11) is 0. The van der Waals surface area contributed by atoms with Gasteiger partial charge in [-0.3, -0.25) is 0 Å². The predicted molar refractivity (Wildman–Crippen MR) is 59.2 cm³/mol. The van der Waals surface area contributed by atoms with E-state index in [0.29, 0.717) is 18.1 Å². The lowest BCUT2D eigenvalue weighted by molar-refractivity contribution is 0.0519. The average Bonchev–Trinajstić information content (AvgIpc) is 2.85. The van der Waals surface area contributed by atoms with Crippen molar-refractivity contribution in [3.05, 3.63) is 17.8 Å². The van der Waals surface area contributed by atoms with Crippen molar-refractivity contribution in [1.82, 2.24) is 9.71 Å². The molecular weight excluding hydrogens is 230 g/mol. The van der Waals surface area contributed by atoms with Crippen LogP contribution in [-0.4, -0.2) is 29.3 Å². The van der Waals surface area contributed by atoms with Gasteiger partial charge in [0.1, 0.15) is 5.71 Å². The van der Waals surface area contributed by atoms with Gasteiger partial charge in [-0.05, 0) is 13.8 Å². The molecule has 0 amide bonds. The van der Waals surface area contributed by atoms with E-state index >= 15 is 0 Å². The van der Waals surface area contributed by atoms with Gasteiger partial charge in [0.05, 0.1) is 24.8 Å². The molecule has 0 aromatic carbocycles. The number of oxazole rings is 1. The van der Waals surface area contributed by atoms with Gasteiger partial charge >= 0.3 is 5.97 Å². The van der Waals surface area contributed by atoms with Crippen molar-refractivity contribution in [2.45, 2.75) is 19.9 Å². The maximum absolute atomic E-state index is 11.6. The van der Waals surface area contributed by atoms with Crippen LogP contribution in [0.5, 0.6) is 0 Å². The second-order valence-electron chi connectivity index (χ2n) is 3.16. The van der Waals surface area contributed by atoms with E-state index in [9.17, 15) is 4.79 Å². The van der Waals surface area contributed by atoms with E-state index in [1.54, 1.807) is 6.92 Å². The van der Waals surface area contributed by atoms with E-state index in [2.05, 4.69) is 14.1 Å². The van der Waals surface area contributed by atoms with Gasteiger partial charge in [0.25, 0.3) is 0 Å². The minimum atomic E-state index is -0.488. The monoisotopic (exact) mass is 241 g/mol. The second-order valence-corrected chi connectivity index (χ2v) is 3.76. The van der Waals surface area contributed by atoms with E-state index in [4.69, 9.17) is 9.15 Å². The lowest BCUT2D eigenvalue weighted by atomic mass is 10.1. The summed E-state index contributed by atoms with van der Waals surface area (Å²) in [6.45, 7) is 3.97. The normalized spacial score (nSPS) is 19.6. The Morgan fingerprint density at radius 1 is 1.75 bits per heavy atom. The van der Waals surface area contributed by atoms with Crippen LogP contribution in [0, 0.1) is 0 Å². The first-order valence-electron chi connectivity index (χ1n) is 4.84. The molecule has 0 radical (unpaired) electrons. The molecule has 6 nitrogen and oxygen atoms in total. The van der Waals surface area contributed by atoms with Gasteiger partial charge in [-0.15, -0.1) is 0 Å². The molecule has 16 heavy (non-hydrogen) atoms. The Labute approximate surface area is 96.7 Å². The molecule has 7 heteroatoms. The molecule has 86 valence electrons. The molecule has 0 bridgehead atoms. The molecule has 2 heterocycles. The molecule has 1 N–H and O–H groups in total. The fourth-order valence-electron chi connectivity index (χ4n) is 1.30. The number of rotatable bonds is 3. The van der Waals surface area contributed by atoms with Crippen LogP contribution in [0.1, 0.15) is 30.1 Å². The molecule has 1 aliphatic rings. The van der Waals surface area contributed by atoms with E-state index in [1.807, 2.05) is 6.92 Å². The zero-order valence-corrected chi connectivity index (χ0v) is 9.71. The first-order valence-corrected chi connectivity index (χ1v) is 5.61. The smallest absolute Gasteiger partial charge is 0.361 e. The Morgan fingerprint density at radius 2 is 2.56 bits per heavy atom. The fourth-order valence-corrected chi connectivity index (χ4v) is 1.96. The number of esters is 1. The van der Waals surface area contributed by atoms with Crippen LogP contribution < -0.4 is 4.72 Å². The highest BCUT2D eigenvalue weighted by molar-refractivity contribution is 7.96. The number of nitrogens with one attached hydrogen (secondary N) is 1. The van der Waals surface area contributed by atoms with Gasteiger partial charge in [0, 0.05) is 0 Å². The molecular formula is C9H11N3O3S. The number of aromatic nitrogens is 1. The molecule has 2 rings (SSSR count). The summed E-state index contributed by atoms with van der Waals surface area (Å²) in [6, 6.07) is 0.0196. The van der Waals surface area contributed by atoms with E-state index in [0.717, 1.165) is 0 Å². The lowest BCUT2D eigenvalue weighted by Gasteiger charge is -2.04. The largest absolute Gasteiger partial charge is 0.461 e. The van der Waals surface area contributed by atoms with E-state index in [1.165, 1.54) is 18.5 Å². The molecule has 1 aromatic heterocycles. The van der Waals surface area contributed by atoms with Gasteiger partial charge in [-0.2, -0.15) is 4.40 Å². The van der Waals surface area contributed by atoms with Gasteiger partial charge in [-0.1, -0.05) is 0 Å². The Hall–Kier alpha value is -1.34. The number of carbonyl (C=O) groups is 1. The number of carbonyl (C=O) groups excluding carboxylic acids is 1. The molecule has 1 aliphatic heterocycles. The number of ether oxygens (including phenoxy) is 1. The highest BCUT2D eigenvalue weighted by Gasteiger charge is 2.28. The van der Waals surface area contributed by atoms with Crippen molar-refractivity contribution < 1.29 is 13.9 Å². The van der Waals surface area contributed by atoms with Gasteiger partial charge < -0.3 is 9.15 Å². The van der Waals surface area contributed by atoms with Crippen LogP contribution in [0.25, 0.3) is 0 Å². The quantitative estimate of drug-likeness (QED) is 0.633. The number of hydrogen-bond acceptors (Lipinski definition) is 7. The Bertz CT molecular complexity index is 429. The van der Waals surface area contributed by atoms with Crippen molar-refractivity contribution in [1.29, 1.82) is 0 Å². The van der Waals surface area contributed by atoms with Gasteiger partial charge in [0.15, 0.2) is 17.8 Å². The first kappa shape index (κ1) is 11.2. The van der Waals surface area contributed by atoms with Crippen molar-refractivity contribution in [3.8, 4) is 0 Å². The first-order chi connectivity index (χ1) is 7.74. The van der Waals surface area contributed by atoms with Crippen LogP contribution in [0.3, 0.4) is 0 Å². The van der Waals surface area contributed by atoms with Crippen LogP contribution in [0.4, 0.5) is 0 Å². The molecule has 0 saturated carbocycles. The zero-order chi connectivity index (χ0) is 11.5. The maximum Gasteiger partial charge on any atom is 0.361 e.